The molecule has 0 bridgehead atoms. The predicted molar refractivity (Wildman–Crippen MR) is 33.1 cm³/mol. The third-order valence-electron chi connectivity index (χ3n) is 2.24. The van der Waals surface area contributed by atoms with Crippen LogP contribution in [0.4, 0.5) is 0 Å². The molecule has 0 amide bonds. The van der Waals surface area contributed by atoms with Gasteiger partial charge in [-0.05, 0) is 12.8 Å². The van der Waals surface area contributed by atoms with Crippen molar-refractivity contribution in [1.29, 1.82) is 0 Å². The quantitative estimate of drug-likeness (QED) is 0.487. The van der Waals surface area contributed by atoms with Crippen LogP contribution in [0.5, 0.6) is 0 Å². The van der Waals surface area contributed by atoms with E-state index in [0.29, 0.717) is 6.10 Å². The summed E-state index contributed by atoms with van der Waals surface area (Å²) in [6, 6.07) is 0. The third-order valence-corrected chi connectivity index (χ3v) is 2.24. The lowest BCUT2D eigenvalue weighted by Gasteiger charge is -2.02. The van der Waals surface area contributed by atoms with E-state index in [1.54, 1.807) is 0 Å². The number of rotatable bonds is 0. The Hall–Kier alpha value is -0.0800. The molecule has 1 N–H and O–H groups in total. The Kier molecular flexibility index (Phi) is 1.24. The van der Waals surface area contributed by atoms with E-state index in [4.69, 9.17) is 4.74 Å². The van der Waals surface area contributed by atoms with Gasteiger partial charge in [-0.25, -0.2) is 0 Å². The fraction of sp³-hybridized carbons (Fsp3) is 1.00. The zero-order valence-electron chi connectivity index (χ0n) is 5.42. The number of aliphatic hydroxyl groups is 1. The summed E-state index contributed by atoms with van der Waals surface area (Å²) in [7, 11) is 0. The van der Waals surface area contributed by atoms with E-state index in [1.807, 2.05) is 0 Å². The van der Waals surface area contributed by atoms with Gasteiger partial charge in [0.25, 0.3) is 0 Å². The van der Waals surface area contributed by atoms with Gasteiger partial charge in [0, 0.05) is 0 Å². The van der Waals surface area contributed by atoms with E-state index in [9.17, 15) is 5.11 Å². The van der Waals surface area contributed by atoms with Crippen LogP contribution in [0.25, 0.3) is 0 Å². The molecule has 0 spiro atoms. The Labute approximate surface area is 54.8 Å². The van der Waals surface area contributed by atoms with E-state index in [2.05, 4.69) is 0 Å². The predicted octanol–water partition coefficient (Wildman–Crippen LogP) is 0.689. The first-order chi connectivity index (χ1) is 4.38. The Balaban J connectivity index is 1.96. The monoisotopic (exact) mass is 128 g/mol. The summed E-state index contributed by atoms with van der Waals surface area (Å²) in [6.07, 6.45) is 5.01. The summed E-state index contributed by atoms with van der Waals surface area (Å²) in [5.41, 5.74) is 0. The molecule has 1 saturated carbocycles. The van der Waals surface area contributed by atoms with E-state index in [-0.39, 0.29) is 12.2 Å². The molecule has 1 heterocycles. The Morgan fingerprint density at radius 1 is 1.22 bits per heavy atom. The molecule has 0 radical (unpaired) electrons. The van der Waals surface area contributed by atoms with E-state index in [1.165, 1.54) is 19.3 Å². The van der Waals surface area contributed by atoms with Gasteiger partial charge in [-0.1, -0.05) is 12.8 Å². The lowest BCUT2D eigenvalue weighted by molar-refractivity contribution is 0.122. The van der Waals surface area contributed by atoms with Crippen molar-refractivity contribution in [2.45, 2.75) is 44.0 Å². The van der Waals surface area contributed by atoms with Gasteiger partial charge in [0.15, 0.2) is 0 Å². The Bertz CT molecular complexity index is 113. The Morgan fingerprint density at radius 2 is 2.00 bits per heavy atom. The maximum atomic E-state index is 9.27. The molecule has 0 aromatic rings. The van der Waals surface area contributed by atoms with Crippen molar-refractivity contribution in [3.63, 3.8) is 0 Å². The van der Waals surface area contributed by atoms with Crippen molar-refractivity contribution in [2.24, 2.45) is 0 Å². The first-order valence-electron chi connectivity index (χ1n) is 3.71. The van der Waals surface area contributed by atoms with Crippen molar-refractivity contribution in [3.8, 4) is 0 Å². The molecule has 52 valence electrons. The molecule has 9 heavy (non-hydrogen) atoms. The summed E-state index contributed by atoms with van der Waals surface area (Å²) < 4.78 is 5.22. The fourth-order valence-corrected chi connectivity index (χ4v) is 1.59. The fourth-order valence-electron chi connectivity index (χ4n) is 1.59. The number of aliphatic hydroxyl groups excluding tert-OH is 1. The molecule has 2 nitrogen and oxygen atoms in total. The molecule has 2 heteroatoms. The number of ether oxygens (including phenoxy) is 1. The maximum absolute atomic E-state index is 9.27. The van der Waals surface area contributed by atoms with E-state index < -0.39 is 0 Å². The Morgan fingerprint density at radius 3 is 2.89 bits per heavy atom. The summed E-state index contributed by atoms with van der Waals surface area (Å²) in [4.78, 5) is 0. The van der Waals surface area contributed by atoms with Gasteiger partial charge < -0.3 is 9.84 Å². The van der Waals surface area contributed by atoms with E-state index in [0.717, 1.165) is 6.42 Å². The minimum atomic E-state index is -0.155. The summed E-state index contributed by atoms with van der Waals surface area (Å²) >= 11 is 0. The topological polar surface area (TPSA) is 32.8 Å². The van der Waals surface area contributed by atoms with Crippen molar-refractivity contribution < 1.29 is 9.84 Å². The summed E-state index contributed by atoms with van der Waals surface area (Å²) in [6.45, 7) is 0. The molecule has 2 aliphatic rings. The van der Waals surface area contributed by atoms with Gasteiger partial charge in [-0.2, -0.15) is 0 Å². The minimum absolute atomic E-state index is 0.155. The molecular weight excluding hydrogens is 116 g/mol. The van der Waals surface area contributed by atoms with Crippen LogP contribution in [-0.2, 0) is 4.74 Å². The lowest BCUT2D eigenvalue weighted by atomic mass is 10.2. The molecule has 1 aliphatic heterocycles. The standard InChI is InChI=1S/C7H12O2/c8-5-3-1-2-4-6-7(5)9-6/h5-8H,1-4H2/t5?,6-,7-/m0/s1. The van der Waals surface area contributed by atoms with Crippen molar-refractivity contribution >= 4 is 0 Å². The zero-order valence-corrected chi connectivity index (χ0v) is 5.42. The maximum Gasteiger partial charge on any atom is 0.110 e. The highest BCUT2D eigenvalue weighted by molar-refractivity contribution is 4.92. The van der Waals surface area contributed by atoms with Gasteiger partial charge in [0.05, 0.1) is 12.2 Å². The molecule has 2 rings (SSSR count). The van der Waals surface area contributed by atoms with Gasteiger partial charge >= 0.3 is 0 Å². The smallest absolute Gasteiger partial charge is 0.110 e. The molecule has 0 aromatic heterocycles. The number of fused-ring (bicyclic) bond motifs is 1. The first kappa shape index (κ1) is 5.69. The van der Waals surface area contributed by atoms with Crippen LogP contribution in [0.3, 0.4) is 0 Å². The number of hydrogen-bond donors (Lipinski definition) is 1. The highest BCUT2D eigenvalue weighted by Gasteiger charge is 2.44. The normalized spacial score (nSPS) is 49.7. The van der Waals surface area contributed by atoms with Crippen molar-refractivity contribution in [2.75, 3.05) is 0 Å². The van der Waals surface area contributed by atoms with Crippen molar-refractivity contribution in [1.82, 2.24) is 0 Å². The second-order valence-electron chi connectivity index (χ2n) is 2.99. The zero-order chi connectivity index (χ0) is 6.27. The van der Waals surface area contributed by atoms with Gasteiger partial charge in [-0.3, -0.25) is 0 Å². The number of hydrogen-bond acceptors (Lipinski definition) is 2. The number of epoxide rings is 1. The van der Waals surface area contributed by atoms with Crippen LogP contribution in [-0.4, -0.2) is 23.4 Å². The van der Waals surface area contributed by atoms with Crippen LogP contribution in [0, 0.1) is 0 Å². The highest BCUT2D eigenvalue weighted by atomic mass is 16.6. The van der Waals surface area contributed by atoms with Gasteiger partial charge in [-0.15, -0.1) is 0 Å². The molecule has 1 saturated heterocycles. The highest BCUT2D eigenvalue weighted by Crippen LogP contribution is 2.34. The largest absolute Gasteiger partial charge is 0.390 e. The molecule has 3 atom stereocenters. The summed E-state index contributed by atoms with van der Waals surface area (Å²) in [5, 5.41) is 9.27. The van der Waals surface area contributed by atoms with Crippen molar-refractivity contribution in [3.05, 3.63) is 0 Å². The van der Waals surface area contributed by atoms with Gasteiger partial charge in [0.1, 0.15) is 6.10 Å². The minimum Gasteiger partial charge on any atom is -0.390 e. The van der Waals surface area contributed by atoms with Crippen LogP contribution >= 0.6 is 0 Å². The molecule has 1 aliphatic carbocycles. The average Bonchev–Trinajstić information content (AvgIpc) is 2.55. The van der Waals surface area contributed by atoms with Crippen LogP contribution < -0.4 is 0 Å². The third kappa shape index (κ3) is 0.970. The molecule has 0 aromatic carbocycles. The average molecular weight is 128 g/mol. The lowest BCUT2D eigenvalue weighted by Crippen LogP contribution is -2.14. The SMILES string of the molecule is OC1CCCC[C@@H]2O[C@@H]12. The van der Waals surface area contributed by atoms with Crippen LogP contribution in [0.2, 0.25) is 0 Å². The van der Waals surface area contributed by atoms with Gasteiger partial charge in [0.2, 0.25) is 0 Å². The molecule has 2 fully saturated rings. The molecule has 1 unspecified atom stereocenters. The van der Waals surface area contributed by atoms with Crippen LogP contribution in [0.15, 0.2) is 0 Å². The summed E-state index contributed by atoms with van der Waals surface area (Å²) in [5.74, 6) is 0. The molecular formula is C7H12O2. The first-order valence-corrected chi connectivity index (χ1v) is 3.71. The van der Waals surface area contributed by atoms with E-state index >= 15 is 0 Å². The second-order valence-corrected chi connectivity index (χ2v) is 2.99. The van der Waals surface area contributed by atoms with Crippen LogP contribution in [0.1, 0.15) is 25.7 Å². The second kappa shape index (κ2) is 1.96.